The molecule has 0 saturated heterocycles. The van der Waals surface area contributed by atoms with Gasteiger partial charge in [0.05, 0.1) is 27.0 Å². The first-order valence-corrected chi connectivity index (χ1v) is 7.47. The van der Waals surface area contributed by atoms with Crippen LogP contribution in [0, 0.1) is 5.82 Å². The van der Waals surface area contributed by atoms with Gasteiger partial charge in [0, 0.05) is 24.0 Å². The van der Waals surface area contributed by atoms with Gasteiger partial charge in [-0.05, 0) is 17.7 Å². The van der Waals surface area contributed by atoms with Crippen molar-refractivity contribution in [2.24, 2.45) is 0 Å². The van der Waals surface area contributed by atoms with Crippen molar-refractivity contribution in [2.45, 2.75) is 12.3 Å². The minimum atomic E-state index is -0.321. The predicted molar refractivity (Wildman–Crippen MR) is 87.6 cm³/mol. The molecule has 0 saturated carbocycles. The molecule has 0 radical (unpaired) electrons. The molecule has 3 rings (SSSR count). The lowest BCUT2D eigenvalue weighted by atomic mass is 9.84. The third-order valence-corrected chi connectivity index (χ3v) is 4.15. The summed E-state index contributed by atoms with van der Waals surface area (Å²) in [5, 5.41) is 2.84. The number of carbonyl (C=O) groups excluding carboxylic acids is 1. The molecule has 1 aliphatic heterocycles. The van der Waals surface area contributed by atoms with Gasteiger partial charge in [-0.2, -0.15) is 0 Å². The van der Waals surface area contributed by atoms with E-state index in [9.17, 15) is 9.18 Å². The lowest BCUT2D eigenvalue weighted by molar-refractivity contribution is -0.116. The van der Waals surface area contributed by atoms with E-state index in [0.29, 0.717) is 22.9 Å². The first-order valence-electron chi connectivity index (χ1n) is 7.47. The fraction of sp³-hybridized carbons (Fsp3) is 0.278. The largest absolute Gasteiger partial charge is 0.493 e. The van der Waals surface area contributed by atoms with E-state index < -0.39 is 0 Å². The highest BCUT2D eigenvalue weighted by molar-refractivity contribution is 5.97. The minimum Gasteiger partial charge on any atom is -0.493 e. The van der Waals surface area contributed by atoms with E-state index in [1.54, 1.807) is 18.2 Å². The number of halogens is 1. The van der Waals surface area contributed by atoms with Gasteiger partial charge in [-0.25, -0.2) is 4.39 Å². The number of fused-ring (bicyclic) bond motifs is 1. The van der Waals surface area contributed by atoms with Crippen molar-refractivity contribution < 1.29 is 23.4 Å². The Morgan fingerprint density at radius 1 is 1.04 bits per heavy atom. The third kappa shape index (κ3) is 2.64. The summed E-state index contributed by atoms with van der Waals surface area (Å²) in [4.78, 5) is 12.1. The second-order valence-electron chi connectivity index (χ2n) is 5.46. The third-order valence-electron chi connectivity index (χ3n) is 4.15. The molecule has 6 heteroatoms. The average molecular weight is 331 g/mol. The summed E-state index contributed by atoms with van der Waals surface area (Å²) in [6.45, 7) is 0. The number of methoxy groups -OCH3 is 3. The number of anilines is 1. The molecule has 0 bridgehead atoms. The quantitative estimate of drug-likeness (QED) is 0.934. The van der Waals surface area contributed by atoms with Gasteiger partial charge in [0.2, 0.25) is 11.7 Å². The molecule has 0 fully saturated rings. The van der Waals surface area contributed by atoms with Gasteiger partial charge >= 0.3 is 0 Å². The molecular weight excluding hydrogens is 313 g/mol. The molecule has 2 aromatic carbocycles. The van der Waals surface area contributed by atoms with Crippen LogP contribution in [-0.4, -0.2) is 27.2 Å². The molecule has 0 aromatic heterocycles. The molecule has 24 heavy (non-hydrogen) atoms. The van der Waals surface area contributed by atoms with Gasteiger partial charge in [0.1, 0.15) is 5.82 Å². The second kappa shape index (κ2) is 6.39. The Balaban J connectivity index is 2.23. The van der Waals surface area contributed by atoms with E-state index in [1.165, 1.54) is 33.5 Å². The van der Waals surface area contributed by atoms with Crippen LogP contribution in [0.3, 0.4) is 0 Å². The zero-order valence-electron chi connectivity index (χ0n) is 13.7. The lowest BCUT2D eigenvalue weighted by Crippen LogP contribution is -2.24. The van der Waals surface area contributed by atoms with Gasteiger partial charge in [-0.1, -0.05) is 12.1 Å². The van der Waals surface area contributed by atoms with Crippen molar-refractivity contribution >= 4 is 11.6 Å². The molecule has 1 atom stereocenters. The van der Waals surface area contributed by atoms with Crippen LogP contribution < -0.4 is 19.5 Å². The van der Waals surface area contributed by atoms with Crippen LogP contribution >= 0.6 is 0 Å². The van der Waals surface area contributed by atoms with Crippen LogP contribution in [0.25, 0.3) is 0 Å². The minimum absolute atomic E-state index is 0.119. The maximum atomic E-state index is 13.2. The average Bonchev–Trinajstić information content (AvgIpc) is 2.59. The maximum absolute atomic E-state index is 13.2. The highest BCUT2D eigenvalue weighted by atomic mass is 19.1. The SMILES string of the molecule is COc1cc2c(c(OC)c1OC)[C@@H](c1ccc(F)cc1)CC(=O)N2. The molecule has 126 valence electrons. The molecule has 5 nitrogen and oxygen atoms in total. The van der Waals surface area contributed by atoms with Crippen molar-refractivity contribution in [1.29, 1.82) is 0 Å². The van der Waals surface area contributed by atoms with Crippen molar-refractivity contribution in [3.8, 4) is 17.2 Å². The van der Waals surface area contributed by atoms with Gasteiger partial charge in [-0.3, -0.25) is 4.79 Å². The Hall–Kier alpha value is -2.76. The first kappa shape index (κ1) is 16.1. The predicted octanol–water partition coefficient (Wildman–Crippen LogP) is 3.33. The van der Waals surface area contributed by atoms with Crippen LogP contribution in [0.15, 0.2) is 30.3 Å². The van der Waals surface area contributed by atoms with E-state index >= 15 is 0 Å². The Kier molecular flexibility index (Phi) is 4.29. The fourth-order valence-electron chi connectivity index (χ4n) is 3.10. The summed E-state index contributed by atoms with van der Waals surface area (Å²) >= 11 is 0. The van der Waals surface area contributed by atoms with Gasteiger partial charge in [-0.15, -0.1) is 0 Å². The Morgan fingerprint density at radius 2 is 1.71 bits per heavy atom. The highest BCUT2D eigenvalue weighted by Gasteiger charge is 2.33. The monoisotopic (exact) mass is 331 g/mol. The standard InChI is InChI=1S/C18H18FNO4/c1-22-14-9-13-16(18(24-3)17(14)23-2)12(8-15(21)20-13)10-4-6-11(19)7-5-10/h4-7,9,12H,8H2,1-3H3,(H,20,21)/t12-/m1/s1. The summed E-state index contributed by atoms with van der Waals surface area (Å²) in [6, 6.07) is 7.84. The number of nitrogens with one attached hydrogen (secondary N) is 1. The molecule has 1 amide bonds. The normalized spacial score (nSPS) is 16.2. The van der Waals surface area contributed by atoms with Crippen LogP contribution in [-0.2, 0) is 4.79 Å². The van der Waals surface area contributed by atoms with Crippen LogP contribution in [0.4, 0.5) is 10.1 Å². The number of benzene rings is 2. The zero-order valence-corrected chi connectivity index (χ0v) is 13.7. The number of carbonyl (C=O) groups is 1. The van der Waals surface area contributed by atoms with Crippen LogP contribution in [0.2, 0.25) is 0 Å². The van der Waals surface area contributed by atoms with Crippen molar-refractivity contribution in [3.63, 3.8) is 0 Å². The summed E-state index contributed by atoms with van der Waals surface area (Å²) in [6.07, 6.45) is 0.241. The molecule has 0 unspecified atom stereocenters. The van der Waals surface area contributed by atoms with E-state index in [2.05, 4.69) is 5.32 Å². The zero-order chi connectivity index (χ0) is 17.3. The second-order valence-corrected chi connectivity index (χ2v) is 5.46. The highest BCUT2D eigenvalue weighted by Crippen LogP contribution is 2.51. The van der Waals surface area contributed by atoms with Gasteiger partial charge < -0.3 is 19.5 Å². The fourth-order valence-corrected chi connectivity index (χ4v) is 3.10. The molecule has 2 aromatic rings. The Bertz CT molecular complexity index is 774. The number of amides is 1. The molecule has 1 N–H and O–H groups in total. The number of hydrogen-bond acceptors (Lipinski definition) is 4. The number of ether oxygens (including phenoxy) is 3. The smallest absolute Gasteiger partial charge is 0.225 e. The Morgan fingerprint density at radius 3 is 2.29 bits per heavy atom. The maximum Gasteiger partial charge on any atom is 0.225 e. The van der Waals surface area contributed by atoms with E-state index in [-0.39, 0.29) is 24.1 Å². The molecule has 1 aliphatic rings. The van der Waals surface area contributed by atoms with Crippen molar-refractivity contribution in [1.82, 2.24) is 0 Å². The van der Waals surface area contributed by atoms with Crippen LogP contribution in [0.1, 0.15) is 23.5 Å². The molecular formula is C18H18FNO4. The molecule has 0 aliphatic carbocycles. The first-order chi connectivity index (χ1) is 11.6. The lowest BCUT2D eigenvalue weighted by Gasteiger charge is -2.29. The summed E-state index contributed by atoms with van der Waals surface area (Å²) < 4.78 is 29.6. The van der Waals surface area contributed by atoms with Gasteiger partial charge in [0.25, 0.3) is 0 Å². The Labute approximate surface area is 139 Å². The molecule has 1 heterocycles. The summed E-state index contributed by atoms with van der Waals surface area (Å²) in [5.74, 6) is 0.727. The topological polar surface area (TPSA) is 56.8 Å². The number of hydrogen-bond donors (Lipinski definition) is 1. The van der Waals surface area contributed by atoms with Crippen molar-refractivity contribution in [3.05, 3.63) is 47.3 Å². The van der Waals surface area contributed by atoms with Crippen LogP contribution in [0.5, 0.6) is 17.2 Å². The summed E-state index contributed by atoms with van der Waals surface area (Å²) in [5.41, 5.74) is 2.23. The van der Waals surface area contributed by atoms with Gasteiger partial charge in [0.15, 0.2) is 11.5 Å². The number of rotatable bonds is 4. The summed E-state index contributed by atoms with van der Waals surface area (Å²) in [7, 11) is 4.59. The van der Waals surface area contributed by atoms with Crippen molar-refractivity contribution in [2.75, 3.05) is 26.6 Å². The van der Waals surface area contributed by atoms with E-state index in [1.807, 2.05) is 0 Å². The molecule has 0 spiro atoms. The van der Waals surface area contributed by atoms with E-state index in [0.717, 1.165) is 11.1 Å². The van der Waals surface area contributed by atoms with E-state index in [4.69, 9.17) is 14.2 Å².